The summed E-state index contributed by atoms with van der Waals surface area (Å²) in [6.45, 7) is 6.12. The number of hydrogen-bond donors (Lipinski definition) is 0. The van der Waals surface area contributed by atoms with E-state index in [2.05, 4.69) is 25.9 Å². The summed E-state index contributed by atoms with van der Waals surface area (Å²) in [5.74, 6) is 1.41. The Balaban J connectivity index is 2.81. The number of aromatic nitrogens is 2. The van der Waals surface area contributed by atoms with Crippen molar-refractivity contribution < 1.29 is 8.42 Å². The van der Waals surface area contributed by atoms with Crippen LogP contribution in [0.5, 0.6) is 0 Å². The van der Waals surface area contributed by atoms with Crippen LogP contribution in [-0.2, 0) is 15.3 Å². The molecule has 18 heavy (non-hydrogen) atoms. The molecule has 1 rings (SSSR count). The number of sulfone groups is 1. The zero-order chi connectivity index (χ0) is 14.0. The Labute approximate surface area is 121 Å². The first-order chi connectivity index (χ1) is 8.08. The maximum Gasteiger partial charge on any atom is 0.148 e. The van der Waals surface area contributed by atoms with E-state index >= 15 is 0 Å². The molecule has 0 radical (unpaired) electrons. The molecular weight excluding hydrogens is 336 g/mol. The fourth-order valence-corrected chi connectivity index (χ4v) is 3.74. The lowest BCUT2D eigenvalue weighted by Crippen LogP contribution is -2.16. The minimum absolute atomic E-state index is 0.129. The van der Waals surface area contributed by atoms with Crippen molar-refractivity contribution in [2.45, 2.75) is 31.2 Å². The molecule has 102 valence electrons. The monoisotopic (exact) mass is 352 g/mol. The lowest BCUT2D eigenvalue weighted by atomic mass is 9.96. The standard InChI is InChI=1S/C11H17BrN2O2S2/c1-11(2,3)10-13-8(12)7-9(14-10)17-5-6-18(4,15)16/h7H,5-6H2,1-4H3. The third-order valence-corrected chi connectivity index (χ3v) is 4.57. The predicted octanol–water partition coefficient (Wildman–Crippen LogP) is 2.67. The maximum absolute atomic E-state index is 11.1. The van der Waals surface area contributed by atoms with E-state index in [1.54, 1.807) is 0 Å². The van der Waals surface area contributed by atoms with Crippen LogP contribution in [0.3, 0.4) is 0 Å². The van der Waals surface area contributed by atoms with Crippen molar-refractivity contribution in [2.24, 2.45) is 0 Å². The van der Waals surface area contributed by atoms with Gasteiger partial charge in [0.25, 0.3) is 0 Å². The van der Waals surface area contributed by atoms with E-state index in [9.17, 15) is 8.42 Å². The molecule has 0 bridgehead atoms. The zero-order valence-corrected chi connectivity index (χ0v) is 14.1. The first-order valence-corrected chi connectivity index (χ1v) is 9.27. The average molecular weight is 353 g/mol. The first-order valence-electron chi connectivity index (χ1n) is 5.43. The van der Waals surface area contributed by atoms with Crippen LogP contribution >= 0.6 is 27.7 Å². The Morgan fingerprint density at radius 3 is 2.44 bits per heavy atom. The van der Waals surface area contributed by atoms with Gasteiger partial charge in [0, 0.05) is 23.5 Å². The van der Waals surface area contributed by atoms with Crippen LogP contribution in [0.15, 0.2) is 15.7 Å². The van der Waals surface area contributed by atoms with Gasteiger partial charge in [0.1, 0.15) is 25.3 Å². The number of nitrogens with zero attached hydrogens (tertiary/aromatic N) is 2. The molecular formula is C11H17BrN2O2S2. The van der Waals surface area contributed by atoms with Gasteiger partial charge in [0.2, 0.25) is 0 Å². The van der Waals surface area contributed by atoms with E-state index < -0.39 is 9.84 Å². The second kappa shape index (κ2) is 5.88. The van der Waals surface area contributed by atoms with Crippen molar-refractivity contribution in [2.75, 3.05) is 17.8 Å². The highest BCUT2D eigenvalue weighted by Gasteiger charge is 2.18. The van der Waals surface area contributed by atoms with Crippen LogP contribution < -0.4 is 0 Å². The molecule has 0 aliphatic rings. The highest BCUT2D eigenvalue weighted by Crippen LogP contribution is 2.25. The highest BCUT2D eigenvalue weighted by atomic mass is 79.9. The molecule has 1 aromatic heterocycles. The maximum atomic E-state index is 11.1. The molecule has 0 amide bonds. The molecule has 0 aromatic carbocycles. The number of rotatable bonds is 4. The Kier molecular flexibility index (Phi) is 5.20. The number of thioether (sulfide) groups is 1. The Hall–Kier alpha value is -0.140. The van der Waals surface area contributed by atoms with Gasteiger partial charge in [-0.1, -0.05) is 20.8 Å². The van der Waals surface area contributed by atoms with Gasteiger partial charge in [-0.25, -0.2) is 18.4 Å². The fourth-order valence-electron chi connectivity index (χ4n) is 1.10. The molecule has 0 saturated carbocycles. The van der Waals surface area contributed by atoms with Gasteiger partial charge >= 0.3 is 0 Å². The second-order valence-corrected chi connectivity index (χ2v) is 9.27. The molecule has 0 aliphatic heterocycles. The molecule has 7 heteroatoms. The topological polar surface area (TPSA) is 59.9 Å². The molecule has 0 spiro atoms. The van der Waals surface area contributed by atoms with E-state index in [4.69, 9.17) is 0 Å². The molecule has 0 atom stereocenters. The van der Waals surface area contributed by atoms with E-state index in [1.807, 2.05) is 26.8 Å². The molecule has 1 aromatic rings. The summed E-state index contributed by atoms with van der Waals surface area (Å²) >= 11 is 4.79. The first kappa shape index (κ1) is 15.9. The van der Waals surface area contributed by atoms with Crippen molar-refractivity contribution in [1.29, 1.82) is 0 Å². The SMILES string of the molecule is CC(C)(C)c1nc(Br)cc(SCCS(C)(=O)=O)n1. The van der Waals surface area contributed by atoms with Gasteiger partial charge < -0.3 is 0 Å². The molecule has 0 N–H and O–H groups in total. The Bertz CT molecular complexity index is 524. The molecule has 0 saturated heterocycles. The van der Waals surface area contributed by atoms with E-state index in [-0.39, 0.29) is 11.2 Å². The smallest absolute Gasteiger partial charge is 0.148 e. The predicted molar refractivity (Wildman–Crippen MR) is 78.9 cm³/mol. The summed E-state index contributed by atoms with van der Waals surface area (Å²) in [4.78, 5) is 8.79. The number of hydrogen-bond acceptors (Lipinski definition) is 5. The van der Waals surface area contributed by atoms with Crippen molar-refractivity contribution in [1.82, 2.24) is 9.97 Å². The van der Waals surface area contributed by atoms with Crippen molar-refractivity contribution in [3.63, 3.8) is 0 Å². The molecule has 4 nitrogen and oxygen atoms in total. The lowest BCUT2D eigenvalue weighted by Gasteiger charge is -2.17. The fraction of sp³-hybridized carbons (Fsp3) is 0.636. The van der Waals surface area contributed by atoms with Gasteiger partial charge in [-0.2, -0.15) is 0 Å². The van der Waals surface area contributed by atoms with E-state index in [0.29, 0.717) is 5.75 Å². The minimum atomic E-state index is -2.92. The largest absolute Gasteiger partial charge is 0.229 e. The van der Waals surface area contributed by atoms with Crippen LogP contribution in [0.2, 0.25) is 0 Å². The summed E-state index contributed by atoms with van der Waals surface area (Å²) < 4.78 is 22.8. The molecule has 0 aliphatic carbocycles. The molecule has 0 unspecified atom stereocenters. The molecule has 1 heterocycles. The summed E-state index contributed by atoms with van der Waals surface area (Å²) in [6, 6.07) is 1.81. The summed E-state index contributed by atoms with van der Waals surface area (Å²) in [5.41, 5.74) is -0.129. The third-order valence-electron chi connectivity index (χ3n) is 2.05. The van der Waals surface area contributed by atoms with Crippen molar-refractivity contribution in [3.05, 3.63) is 16.5 Å². The Morgan fingerprint density at radius 1 is 1.33 bits per heavy atom. The van der Waals surface area contributed by atoms with Gasteiger partial charge in [-0.05, 0) is 15.9 Å². The van der Waals surface area contributed by atoms with Crippen LogP contribution in [0.25, 0.3) is 0 Å². The summed E-state index contributed by atoms with van der Waals surface area (Å²) in [7, 11) is -2.92. The van der Waals surface area contributed by atoms with Crippen molar-refractivity contribution >= 4 is 37.5 Å². The van der Waals surface area contributed by atoms with Crippen LogP contribution in [0.4, 0.5) is 0 Å². The highest BCUT2D eigenvalue weighted by molar-refractivity contribution is 9.10. The molecule has 0 fully saturated rings. The second-order valence-electron chi connectivity index (χ2n) is 5.08. The quantitative estimate of drug-likeness (QED) is 0.615. The summed E-state index contributed by atoms with van der Waals surface area (Å²) in [6.07, 6.45) is 1.24. The van der Waals surface area contributed by atoms with Gasteiger partial charge in [0.05, 0.1) is 5.75 Å². The zero-order valence-electron chi connectivity index (χ0n) is 10.9. The van der Waals surface area contributed by atoms with Crippen molar-refractivity contribution in [3.8, 4) is 0 Å². The number of halogens is 1. The normalized spacial score (nSPS) is 12.7. The van der Waals surface area contributed by atoms with Gasteiger partial charge in [0.15, 0.2) is 0 Å². The van der Waals surface area contributed by atoms with Gasteiger partial charge in [-0.15, -0.1) is 11.8 Å². The summed E-state index contributed by atoms with van der Waals surface area (Å²) in [5, 5.41) is 0.797. The van der Waals surface area contributed by atoms with E-state index in [1.165, 1.54) is 18.0 Å². The third kappa shape index (κ3) is 5.67. The van der Waals surface area contributed by atoms with Gasteiger partial charge in [-0.3, -0.25) is 0 Å². The van der Waals surface area contributed by atoms with Crippen LogP contribution in [0.1, 0.15) is 26.6 Å². The van der Waals surface area contributed by atoms with Crippen LogP contribution in [-0.4, -0.2) is 36.1 Å². The average Bonchev–Trinajstić information content (AvgIpc) is 2.13. The minimum Gasteiger partial charge on any atom is -0.229 e. The van der Waals surface area contributed by atoms with Crippen LogP contribution in [0, 0.1) is 0 Å². The lowest BCUT2D eigenvalue weighted by molar-refractivity contribution is 0.536. The van der Waals surface area contributed by atoms with E-state index in [0.717, 1.165) is 15.5 Å². The Morgan fingerprint density at radius 2 is 1.94 bits per heavy atom.